The van der Waals surface area contributed by atoms with Crippen LogP contribution in [0.3, 0.4) is 0 Å². The first-order valence-corrected chi connectivity index (χ1v) is 6.92. The average Bonchev–Trinajstić information content (AvgIpc) is 2.42. The second kappa shape index (κ2) is 7.24. The Balaban J connectivity index is 2.86. The minimum absolute atomic E-state index is 0.00207. The lowest BCUT2D eigenvalue weighted by Crippen LogP contribution is -2.50. The fraction of sp³-hybridized carbons (Fsp3) is 0.500. The highest BCUT2D eigenvalue weighted by Gasteiger charge is 2.26. The van der Waals surface area contributed by atoms with E-state index in [-0.39, 0.29) is 22.9 Å². The van der Waals surface area contributed by atoms with Crippen LogP contribution < -0.4 is 5.32 Å². The Bertz CT molecular complexity index is 491. The molecule has 1 rings (SSSR count). The predicted molar refractivity (Wildman–Crippen MR) is 78.7 cm³/mol. The molecule has 6 heteroatoms. The van der Waals surface area contributed by atoms with Gasteiger partial charge in [-0.05, 0) is 25.0 Å². The summed E-state index contributed by atoms with van der Waals surface area (Å²) in [6.45, 7) is 6.27. The maximum atomic E-state index is 12.2. The highest BCUT2D eigenvalue weighted by molar-refractivity contribution is 6.29. The van der Waals surface area contributed by atoms with Crippen LogP contribution in [0.2, 0.25) is 5.15 Å². The van der Waals surface area contributed by atoms with Crippen molar-refractivity contribution in [3.63, 3.8) is 0 Å². The van der Waals surface area contributed by atoms with Gasteiger partial charge >= 0.3 is 0 Å². The molecule has 0 saturated carbocycles. The van der Waals surface area contributed by atoms with E-state index in [1.807, 2.05) is 20.8 Å². The molecule has 0 fully saturated rings. The maximum Gasteiger partial charge on any atom is 0.252 e. The Hall–Kier alpha value is -1.62. The van der Waals surface area contributed by atoms with Crippen LogP contribution in [0.25, 0.3) is 0 Å². The molecule has 0 aromatic carbocycles. The molecule has 1 heterocycles. The zero-order chi connectivity index (χ0) is 15.3. The lowest BCUT2D eigenvalue weighted by Gasteiger charge is -2.26. The quantitative estimate of drug-likeness (QED) is 0.845. The van der Waals surface area contributed by atoms with Gasteiger partial charge in [-0.2, -0.15) is 0 Å². The van der Waals surface area contributed by atoms with Crippen LogP contribution in [0.4, 0.5) is 0 Å². The topological polar surface area (TPSA) is 62.3 Å². The van der Waals surface area contributed by atoms with E-state index in [2.05, 4.69) is 10.3 Å². The van der Waals surface area contributed by atoms with Crippen molar-refractivity contribution in [3.05, 3.63) is 29.0 Å². The van der Waals surface area contributed by atoms with Crippen molar-refractivity contribution in [1.29, 1.82) is 0 Å². The van der Waals surface area contributed by atoms with Gasteiger partial charge in [-0.15, -0.1) is 0 Å². The Morgan fingerprint density at radius 2 is 2.10 bits per heavy atom. The number of carbonyl (C=O) groups is 2. The third-order valence-corrected chi connectivity index (χ3v) is 3.27. The molecular weight excluding hydrogens is 278 g/mol. The summed E-state index contributed by atoms with van der Waals surface area (Å²) in [6, 6.07) is 2.48. The Kier molecular flexibility index (Phi) is 5.95. The molecule has 0 aliphatic heterocycles. The highest BCUT2D eigenvalue weighted by atomic mass is 35.5. The molecule has 0 spiro atoms. The van der Waals surface area contributed by atoms with Crippen molar-refractivity contribution >= 4 is 23.4 Å². The maximum absolute atomic E-state index is 12.2. The Morgan fingerprint density at radius 1 is 1.45 bits per heavy atom. The van der Waals surface area contributed by atoms with Gasteiger partial charge in [0, 0.05) is 25.4 Å². The van der Waals surface area contributed by atoms with Crippen LogP contribution in [0.5, 0.6) is 0 Å². The predicted octanol–water partition coefficient (Wildman–Crippen LogP) is 1.97. The molecule has 20 heavy (non-hydrogen) atoms. The third-order valence-electron chi connectivity index (χ3n) is 3.06. The summed E-state index contributed by atoms with van der Waals surface area (Å²) in [5, 5.41) is 3.00. The van der Waals surface area contributed by atoms with Crippen LogP contribution in [0.15, 0.2) is 18.3 Å². The molecule has 1 aromatic rings. The summed E-state index contributed by atoms with van der Waals surface area (Å²) in [5.41, 5.74) is 0.391. The number of hydrogen-bond acceptors (Lipinski definition) is 3. The van der Waals surface area contributed by atoms with Crippen LogP contribution in [-0.4, -0.2) is 41.3 Å². The number of pyridine rings is 1. The molecule has 1 N–H and O–H groups in total. The van der Waals surface area contributed by atoms with Gasteiger partial charge in [0.05, 0.1) is 0 Å². The number of amides is 2. The number of nitrogens with one attached hydrogen (secondary N) is 1. The van der Waals surface area contributed by atoms with E-state index >= 15 is 0 Å². The zero-order valence-electron chi connectivity index (χ0n) is 12.2. The smallest absolute Gasteiger partial charge is 0.252 e. The molecule has 0 radical (unpaired) electrons. The molecule has 0 aliphatic carbocycles. The number of halogens is 1. The summed E-state index contributed by atoms with van der Waals surface area (Å²) < 4.78 is 0. The van der Waals surface area contributed by atoms with E-state index in [9.17, 15) is 9.59 Å². The zero-order valence-corrected chi connectivity index (χ0v) is 12.9. The fourth-order valence-corrected chi connectivity index (χ4v) is 1.85. The monoisotopic (exact) mass is 297 g/mol. The van der Waals surface area contributed by atoms with E-state index in [4.69, 9.17) is 11.6 Å². The van der Waals surface area contributed by atoms with Crippen molar-refractivity contribution in [2.45, 2.75) is 26.8 Å². The van der Waals surface area contributed by atoms with Gasteiger partial charge in [0.1, 0.15) is 11.2 Å². The molecule has 1 aromatic heterocycles. The second-order valence-electron chi connectivity index (χ2n) is 4.91. The van der Waals surface area contributed by atoms with Gasteiger partial charge < -0.3 is 10.2 Å². The molecule has 110 valence electrons. The first-order valence-electron chi connectivity index (χ1n) is 6.54. The molecule has 5 nitrogen and oxygen atoms in total. The van der Waals surface area contributed by atoms with Crippen LogP contribution in [0.1, 0.15) is 31.1 Å². The summed E-state index contributed by atoms with van der Waals surface area (Å²) in [6.07, 6.45) is 1.46. The molecule has 0 aliphatic rings. The van der Waals surface area contributed by atoms with Gasteiger partial charge in [0.15, 0.2) is 0 Å². The molecule has 0 saturated heterocycles. The number of aromatic nitrogens is 1. The number of rotatable bonds is 5. The third kappa shape index (κ3) is 4.20. The van der Waals surface area contributed by atoms with Gasteiger partial charge in [0.25, 0.3) is 5.91 Å². The average molecular weight is 298 g/mol. The van der Waals surface area contributed by atoms with E-state index in [0.29, 0.717) is 12.1 Å². The van der Waals surface area contributed by atoms with E-state index in [0.717, 1.165) is 0 Å². The van der Waals surface area contributed by atoms with Gasteiger partial charge in [-0.3, -0.25) is 9.59 Å². The molecular formula is C14H20ClN3O2. The van der Waals surface area contributed by atoms with Crippen molar-refractivity contribution in [2.75, 3.05) is 13.6 Å². The summed E-state index contributed by atoms with van der Waals surface area (Å²) in [4.78, 5) is 29.8. The Labute approximate surface area is 124 Å². The minimum Gasteiger partial charge on any atom is -0.344 e. The second-order valence-corrected chi connectivity index (χ2v) is 5.30. The summed E-state index contributed by atoms with van der Waals surface area (Å²) >= 11 is 5.76. The van der Waals surface area contributed by atoms with Crippen molar-refractivity contribution < 1.29 is 9.59 Å². The van der Waals surface area contributed by atoms with Gasteiger partial charge in [0.2, 0.25) is 5.91 Å². The number of hydrogen-bond donors (Lipinski definition) is 1. The number of likely N-dealkylation sites (N-methyl/N-ethyl adjacent to an activating group) is 1. The number of carbonyl (C=O) groups excluding carboxylic acids is 2. The first-order chi connectivity index (χ1) is 9.36. The van der Waals surface area contributed by atoms with Gasteiger partial charge in [-0.1, -0.05) is 25.4 Å². The van der Waals surface area contributed by atoms with Crippen LogP contribution in [0, 0.1) is 5.92 Å². The number of nitrogens with zero attached hydrogens (tertiary/aromatic N) is 2. The van der Waals surface area contributed by atoms with Crippen molar-refractivity contribution in [3.8, 4) is 0 Å². The standard InChI is InChI=1S/C14H20ClN3O2/c1-5-18(4)14(20)12(9(2)3)17-13(19)10-6-7-16-11(15)8-10/h6-9,12H,5H2,1-4H3,(H,17,19)/t12-/m0/s1. The normalized spacial score (nSPS) is 12.1. The van der Waals surface area contributed by atoms with Crippen molar-refractivity contribution in [1.82, 2.24) is 15.2 Å². The first kappa shape index (κ1) is 16.4. The molecule has 0 unspecified atom stereocenters. The van der Waals surface area contributed by atoms with E-state index in [1.54, 1.807) is 18.0 Å². The fourth-order valence-electron chi connectivity index (χ4n) is 1.68. The molecule has 2 amide bonds. The minimum atomic E-state index is -0.556. The SMILES string of the molecule is CCN(C)C(=O)[C@@H](NC(=O)c1ccnc(Cl)c1)C(C)C. The largest absolute Gasteiger partial charge is 0.344 e. The summed E-state index contributed by atoms with van der Waals surface area (Å²) in [7, 11) is 1.72. The summed E-state index contributed by atoms with van der Waals surface area (Å²) in [5.74, 6) is -0.431. The molecule has 0 bridgehead atoms. The Morgan fingerprint density at radius 3 is 2.60 bits per heavy atom. The van der Waals surface area contributed by atoms with Crippen molar-refractivity contribution in [2.24, 2.45) is 5.92 Å². The lowest BCUT2D eigenvalue weighted by molar-refractivity contribution is -0.132. The highest BCUT2D eigenvalue weighted by Crippen LogP contribution is 2.10. The van der Waals surface area contributed by atoms with E-state index in [1.165, 1.54) is 12.3 Å². The van der Waals surface area contributed by atoms with Gasteiger partial charge in [-0.25, -0.2) is 4.98 Å². The van der Waals surface area contributed by atoms with Crippen LogP contribution in [-0.2, 0) is 4.79 Å². The lowest BCUT2D eigenvalue weighted by atomic mass is 10.0. The van der Waals surface area contributed by atoms with Crippen LogP contribution >= 0.6 is 11.6 Å². The molecule has 1 atom stereocenters. The van der Waals surface area contributed by atoms with E-state index < -0.39 is 6.04 Å².